The van der Waals surface area contributed by atoms with Crippen molar-refractivity contribution in [2.75, 3.05) is 4.90 Å². The Morgan fingerprint density at radius 1 is 0.500 bits per heavy atom. The minimum atomic E-state index is 1.09. The van der Waals surface area contributed by atoms with Crippen LogP contribution in [0.15, 0.2) is 168 Å². The fourth-order valence-corrected chi connectivity index (χ4v) is 8.52. The standard InChI is InChI=1S/C42H27BrN2S/c43-38-17-9-7-15-33(38)28-19-21-31(22-20-28)44(29-11-3-1-4-12-29)32-23-26-39-37(27-32)35-24-25-36-34-16-8-10-18-40(34)46-42(36)41(35)45(39)30-13-5-2-6-14-30/h1-27H. The predicted molar refractivity (Wildman–Crippen MR) is 201 cm³/mol. The Bertz CT molecular complexity index is 2530. The third-order valence-electron chi connectivity index (χ3n) is 8.85. The number of rotatable bonds is 5. The van der Waals surface area contributed by atoms with E-state index in [4.69, 9.17) is 0 Å². The number of para-hydroxylation sites is 2. The van der Waals surface area contributed by atoms with Gasteiger partial charge in [0.1, 0.15) is 0 Å². The zero-order chi connectivity index (χ0) is 30.6. The zero-order valence-corrected chi connectivity index (χ0v) is 27.2. The average molecular weight is 672 g/mol. The van der Waals surface area contributed by atoms with Crippen molar-refractivity contribution >= 4 is 86.3 Å². The normalized spacial score (nSPS) is 11.6. The molecule has 0 atom stereocenters. The third kappa shape index (κ3) is 4.37. The first kappa shape index (κ1) is 27.2. The van der Waals surface area contributed by atoms with Crippen LogP contribution in [-0.4, -0.2) is 4.57 Å². The van der Waals surface area contributed by atoms with Gasteiger partial charge >= 0.3 is 0 Å². The van der Waals surface area contributed by atoms with Gasteiger partial charge in [0.05, 0.1) is 15.7 Å². The van der Waals surface area contributed by atoms with Crippen molar-refractivity contribution in [1.82, 2.24) is 4.57 Å². The number of hydrogen-bond donors (Lipinski definition) is 0. The van der Waals surface area contributed by atoms with Gasteiger partial charge in [-0.2, -0.15) is 0 Å². The van der Waals surface area contributed by atoms with Crippen LogP contribution in [0.5, 0.6) is 0 Å². The lowest BCUT2D eigenvalue weighted by Crippen LogP contribution is -2.09. The smallest absolute Gasteiger partial charge is 0.0719 e. The Morgan fingerprint density at radius 2 is 1.15 bits per heavy atom. The minimum absolute atomic E-state index is 1.09. The SMILES string of the molecule is Brc1ccccc1-c1ccc(N(c2ccccc2)c2ccc3c(c2)c2ccc4c5ccccc5sc4c2n3-c2ccccc2)cc1. The number of anilines is 3. The van der Waals surface area contributed by atoms with Crippen molar-refractivity contribution in [3.05, 3.63) is 168 Å². The fraction of sp³-hybridized carbons (Fsp3) is 0. The molecule has 0 spiro atoms. The molecule has 9 aromatic rings. The number of halogens is 1. The maximum atomic E-state index is 3.73. The van der Waals surface area contributed by atoms with Gasteiger partial charge in [-0.15, -0.1) is 11.3 Å². The summed E-state index contributed by atoms with van der Waals surface area (Å²) in [5.41, 5.74) is 9.35. The molecule has 0 saturated carbocycles. The van der Waals surface area contributed by atoms with Crippen LogP contribution in [0.3, 0.4) is 0 Å². The van der Waals surface area contributed by atoms with E-state index in [1.54, 1.807) is 0 Å². The summed E-state index contributed by atoms with van der Waals surface area (Å²) in [4.78, 5) is 2.35. The topological polar surface area (TPSA) is 8.17 Å². The van der Waals surface area contributed by atoms with Gasteiger partial charge in [-0.05, 0) is 77.9 Å². The van der Waals surface area contributed by atoms with Gasteiger partial charge in [-0.3, -0.25) is 0 Å². The molecule has 0 aliphatic heterocycles. The van der Waals surface area contributed by atoms with E-state index >= 15 is 0 Å². The Balaban J connectivity index is 1.28. The number of benzene rings is 7. The molecule has 2 nitrogen and oxygen atoms in total. The molecule has 2 aromatic heterocycles. The molecule has 9 rings (SSSR count). The highest BCUT2D eigenvalue weighted by Crippen LogP contribution is 2.45. The summed E-state index contributed by atoms with van der Waals surface area (Å²) in [5.74, 6) is 0. The summed E-state index contributed by atoms with van der Waals surface area (Å²) in [6.45, 7) is 0. The van der Waals surface area contributed by atoms with Crippen molar-refractivity contribution in [1.29, 1.82) is 0 Å². The third-order valence-corrected chi connectivity index (χ3v) is 10.7. The van der Waals surface area contributed by atoms with Crippen LogP contribution in [0.4, 0.5) is 17.1 Å². The molecule has 0 unspecified atom stereocenters. The number of thiophene rings is 1. The van der Waals surface area contributed by atoms with E-state index in [9.17, 15) is 0 Å². The summed E-state index contributed by atoms with van der Waals surface area (Å²) in [6, 6.07) is 59.0. The van der Waals surface area contributed by atoms with Gasteiger partial charge < -0.3 is 9.47 Å². The summed E-state index contributed by atoms with van der Waals surface area (Å²) >= 11 is 5.61. The van der Waals surface area contributed by atoms with Gasteiger partial charge in [0.25, 0.3) is 0 Å². The first-order valence-corrected chi connectivity index (χ1v) is 17.0. The molecule has 0 N–H and O–H groups in total. The van der Waals surface area contributed by atoms with Gasteiger partial charge in [0.2, 0.25) is 0 Å². The van der Waals surface area contributed by atoms with Crippen LogP contribution in [0.25, 0.3) is 58.8 Å². The maximum absolute atomic E-state index is 3.73. The van der Waals surface area contributed by atoms with Crippen LogP contribution >= 0.6 is 27.3 Å². The van der Waals surface area contributed by atoms with Crippen molar-refractivity contribution < 1.29 is 0 Å². The monoisotopic (exact) mass is 670 g/mol. The molecule has 218 valence electrons. The lowest BCUT2D eigenvalue weighted by atomic mass is 10.0. The second-order valence-electron chi connectivity index (χ2n) is 11.5. The van der Waals surface area contributed by atoms with Crippen molar-refractivity contribution in [3.8, 4) is 16.8 Å². The summed E-state index contributed by atoms with van der Waals surface area (Å²) in [5, 5.41) is 5.12. The second kappa shape index (κ2) is 11.0. The van der Waals surface area contributed by atoms with Crippen LogP contribution in [-0.2, 0) is 0 Å². The largest absolute Gasteiger partial charge is 0.310 e. The second-order valence-corrected chi connectivity index (χ2v) is 13.4. The van der Waals surface area contributed by atoms with E-state index in [1.807, 2.05) is 11.3 Å². The first-order valence-electron chi connectivity index (χ1n) is 15.4. The van der Waals surface area contributed by atoms with E-state index in [-0.39, 0.29) is 0 Å². The molecule has 46 heavy (non-hydrogen) atoms. The highest BCUT2D eigenvalue weighted by molar-refractivity contribution is 9.10. The van der Waals surface area contributed by atoms with Crippen LogP contribution in [0.2, 0.25) is 0 Å². The van der Waals surface area contributed by atoms with E-state index in [2.05, 4.69) is 189 Å². The highest BCUT2D eigenvalue weighted by atomic mass is 79.9. The summed E-state index contributed by atoms with van der Waals surface area (Å²) in [6.07, 6.45) is 0. The van der Waals surface area contributed by atoms with Crippen molar-refractivity contribution in [2.24, 2.45) is 0 Å². The Kier molecular flexibility index (Phi) is 6.51. The van der Waals surface area contributed by atoms with E-state index in [0.29, 0.717) is 0 Å². The van der Waals surface area contributed by atoms with E-state index in [0.717, 1.165) is 21.5 Å². The van der Waals surface area contributed by atoms with Gasteiger partial charge in [-0.25, -0.2) is 0 Å². The fourth-order valence-electron chi connectivity index (χ4n) is 6.76. The zero-order valence-electron chi connectivity index (χ0n) is 24.8. The van der Waals surface area contributed by atoms with Crippen molar-refractivity contribution in [3.63, 3.8) is 0 Å². The summed E-state index contributed by atoms with van der Waals surface area (Å²) in [7, 11) is 0. The summed E-state index contributed by atoms with van der Waals surface area (Å²) < 4.78 is 6.18. The maximum Gasteiger partial charge on any atom is 0.0719 e. The Labute approximate surface area is 279 Å². The van der Waals surface area contributed by atoms with E-state index < -0.39 is 0 Å². The van der Waals surface area contributed by atoms with Crippen molar-refractivity contribution in [2.45, 2.75) is 0 Å². The molecular weight excluding hydrogens is 644 g/mol. The molecule has 4 heteroatoms. The predicted octanol–water partition coefficient (Wildman–Crippen LogP) is 13.1. The molecule has 0 aliphatic rings. The first-order chi connectivity index (χ1) is 22.7. The number of nitrogens with zero attached hydrogens (tertiary/aromatic N) is 2. The molecule has 2 heterocycles. The number of fused-ring (bicyclic) bond motifs is 7. The van der Waals surface area contributed by atoms with Crippen LogP contribution < -0.4 is 4.90 Å². The molecule has 0 fully saturated rings. The van der Waals surface area contributed by atoms with Crippen LogP contribution in [0.1, 0.15) is 0 Å². The average Bonchev–Trinajstić information content (AvgIpc) is 3.66. The lowest BCUT2D eigenvalue weighted by Gasteiger charge is -2.26. The molecule has 0 aliphatic carbocycles. The molecular formula is C42H27BrN2S. The van der Waals surface area contributed by atoms with Crippen LogP contribution in [0, 0.1) is 0 Å². The lowest BCUT2D eigenvalue weighted by molar-refractivity contribution is 1.19. The molecule has 0 saturated heterocycles. The molecule has 7 aromatic carbocycles. The number of aromatic nitrogens is 1. The molecule has 0 radical (unpaired) electrons. The Morgan fingerprint density at radius 3 is 1.96 bits per heavy atom. The van der Waals surface area contributed by atoms with Gasteiger partial charge in [0, 0.05) is 53.5 Å². The Hall–Kier alpha value is -5.16. The van der Waals surface area contributed by atoms with E-state index in [1.165, 1.54) is 58.8 Å². The molecule has 0 amide bonds. The quantitative estimate of drug-likeness (QED) is 0.177. The highest BCUT2D eigenvalue weighted by Gasteiger charge is 2.20. The minimum Gasteiger partial charge on any atom is -0.310 e. The van der Waals surface area contributed by atoms with Gasteiger partial charge in [0.15, 0.2) is 0 Å². The molecule has 0 bridgehead atoms. The van der Waals surface area contributed by atoms with Gasteiger partial charge in [-0.1, -0.05) is 113 Å². The number of hydrogen-bond acceptors (Lipinski definition) is 2.